The van der Waals surface area contributed by atoms with Crippen LogP contribution >= 0.6 is 11.3 Å². The van der Waals surface area contributed by atoms with Crippen LogP contribution in [0.15, 0.2) is 65.5 Å². The van der Waals surface area contributed by atoms with Gasteiger partial charge in [-0.25, -0.2) is 9.97 Å². The summed E-state index contributed by atoms with van der Waals surface area (Å²) < 4.78 is 0. The molecule has 0 saturated heterocycles. The van der Waals surface area contributed by atoms with Crippen molar-refractivity contribution in [2.45, 2.75) is 26.7 Å². The summed E-state index contributed by atoms with van der Waals surface area (Å²) in [7, 11) is 0. The van der Waals surface area contributed by atoms with E-state index in [0.717, 1.165) is 23.5 Å². The van der Waals surface area contributed by atoms with E-state index in [1.807, 2.05) is 36.5 Å². The molecule has 0 aliphatic rings. The Hall–Kier alpha value is -3.29. The third-order valence-corrected chi connectivity index (χ3v) is 5.80. The normalized spacial score (nSPS) is 10.7. The van der Waals surface area contributed by atoms with Crippen LogP contribution in [0.25, 0.3) is 11.1 Å². The van der Waals surface area contributed by atoms with Crippen LogP contribution in [0, 0.1) is 25.2 Å². The molecule has 4 heteroatoms. The lowest BCUT2D eigenvalue weighted by Crippen LogP contribution is -2.03. The third kappa shape index (κ3) is 4.42. The SMILES string of the molecule is Cc1cc(-c2ccsc2)cc(C)c1Cc1ccnc(Cc2ccc(C#N)cc2)n1. The first-order valence-corrected chi connectivity index (χ1v) is 10.5. The van der Waals surface area contributed by atoms with Gasteiger partial charge in [-0.15, -0.1) is 0 Å². The maximum Gasteiger partial charge on any atom is 0.132 e. The molecule has 0 saturated carbocycles. The minimum atomic E-state index is 0.661. The Morgan fingerprint density at radius 3 is 2.34 bits per heavy atom. The van der Waals surface area contributed by atoms with E-state index in [1.165, 1.54) is 27.8 Å². The topological polar surface area (TPSA) is 49.6 Å². The smallest absolute Gasteiger partial charge is 0.132 e. The Morgan fingerprint density at radius 1 is 0.931 bits per heavy atom. The van der Waals surface area contributed by atoms with Crippen molar-refractivity contribution in [3.63, 3.8) is 0 Å². The number of aromatic nitrogens is 2. The van der Waals surface area contributed by atoms with Crippen molar-refractivity contribution in [2.75, 3.05) is 0 Å². The van der Waals surface area contributed by atoms with E-state index < -0.39 is 0 Å². The molecule has 0 atom stereocenters. The van der Waals surface area contributed by atoms with Crippen molar-refractivity contribution in [3.8, 4) is 17.2 Å². The van der Waals surface area contributed by atoms with Crippen molar-refractivity contribution < 1.29 is 0 Å². The first-order chi connectivity index (χ1) is 14.1. The Balaban J connectivity index is 1.55. The molecule has 0 N–H and O–H groups in total. The number of aryl methyl sites for hydroxylation is 2. The van der Waals surface area contributed by atoms with Gasteiger partial charge < -0.3 is 0 Å². The highest BCUT2D eigenvalue weighted by Crippen LogP contribution is 2.28. The standard InChI is InChI=1S/C25H21N3S/c1-17-11-22(21-8-10-29-16-21)12-18(2)24(17)14-23-7-9-27-25(28-23)13-19-3-5-20(15-26)6-4-19/h3-12,16H,13-14H2,1-2H3. The summed E-state index contributed by atoms with van der Waals surface area (Å²) in [5.41, 5.74) is 9.25. The van der Waals surface area contributed by atoms with E-state index >= 15 is 0 Å². The second-order valence-corrected chi connectivity index (χ2v) is 8.01. The lowest BCUT2D eigenvalue weighted by Gasteiger charge is -2.13. The average Bonchev–Trinajstić information content (AvgIpc) is 3.26. The van der Waals surface area contributed by atoms with E-state index in [2.05, 4.69) is 53.9 Å². The van der Waals surface area contributed by atoms with E-state index in [4.69, 9.17) is 10.2 Å². The van der Waals surface area contributed by atoms with Gasteiger partial charge in [0.15, 0.2) is 0 Å². The van der Waals surface area contributed by atoms with Gasteiger partial charge in [0.05, 0.1) is 11.6 Å². The van der Waals surface area contributed by atoms with Crippen LogP contribution in [0.3, 0.4) is 0 Å². The molecule has 0 spiro atoms. The van der Waals surface area contributed by atoms with Crippen LogP contribution in [0.2, 0.25) is 0 Å². The number of hydrogen-bond acceptors (Lipinski definition) is 4. The van der Waals surface area contributed by atoms with Crippen LogP contribution in [0.1, 0.15) is 39.3 Å². The first-order valence-electron chi connectivity index (χ1n) is 9.55. The molecule has 2 aromatic carbocycles. The van der Waals surface area contributed by atoms with Crippen molar-refractivity contribution in [1.82, 2.24) is 9.97 Å². The number of benzene rings is 2. The predicted molar refractivity (Wildman–Crippen MR) is 118 cm³/mol. The highest BCUT2D eigenvalue weighted by Gasteiger charge is 2.10. The molecule has 0 fully saturated rings. The highest BCUT2D eigenvalue weighted by molar-refractivity contribution is 7.08. The zero-order valence-electron chi connectivity index (χ0n) is 16.5. The summed E-state index contributed by atoms with van der Waals surface area (Å²) >= 11 is 1.72. The van der Waals surface area contributed by atoms with Crippen molar-refractivity contribution in [3.05, 3.63) is 105 Å². The van der Waals surface area contributed by atoms with Gasteiger partial charge >= 0.3 is 0 Å². The molecule has 0 aliphatic carbocycles. The molecule has 4 rings (SSSR count). The first kappa shape index (κ1) is 19.0. The molecule has 0 unspecified atom stereocenters. The number of rotatable bonds is 5. The van der Waals surface area contributed by atoms with Crippen LogP contribution in [-0.2, 0) is 12.8 Å². The van der Waals surface area contributed by atoms with Gasteiger partial charge in [-0.05, 0) is 82.3 Å². The minimum absolute atomic E-state index is 0.661. The highest BCUT2D eigenvalue weighted by atomic mass is 32.1. The number of nitriles is 1. The Labute approximate surface area is 175 Å². The molecule has 0 amide bonds. The molecule has 3 nitrogen and oxygen atoms in total. The molecule has 2 heterocycles. The fraction of sp³-hybridized carbons (Fsp3) is 0.160. The van der Waals surface area contributed by atoms with Crippen LogP contribution in [0.4, 0.5) is 0 Å². The molecule has 4 aromatic rings. The van der Waals surface area contributed by atoms with Crippen LogP contribution < -0.4 is 0 Å². The maximum atomic E-state index is 8.94. The van der Waals surface area contributed by atoms with Crippen molar-refractivity contribution in [1.29, 1.82) is 5.26 Å². The third-order valence-electron chi connectivity index (χ3n) is 5.12. The lowest BCUT2D eigenvalue weighted by atomic mass is 9.94. The predicted octanol–water partition coefficient (Wildman–Crippen LogP) is 5.88. The van der Waals surface area contributed by atoms with E-state index in [9.17, 15) is 0 Å². The number of hydrogen-bond donors (Lipinski definition) is 0. The molecule has 2 aromatic heterocycles. The fourth-order valence-electron chi connectivity index (χ4n) is 3.55. The zero-order valence-corrected chi connectivity index (χ0v) is 17.3. The number of thiophene rings is 1. The van der Waals surface area contributed by atoms with Crippen molar-refractivity contribution >= 4 is 11.3 Å². The monoisotopic (exact) mass is 395 g/mol. The molecule has 0 radical (unpaired) electrons. The summed E-state index contributed by atoms with van der Waals surface area (Å²) in [4.78, 5) is 9.22. The molecular weight excluding hydrogens is 374 g/mol. The van der Waals surface area contributed by atoms with Crippen molar-refractivity contribution in [2.24, 2.45) is 0 Å². The number of nitrogens with zero attached hydrogens (tertiary/aromatic N) is 3. The molecular formula is C25H21N3S. The molecule has 0 bridgehead atoms. The van der Waals surface area contributed by atoms with Gasteiger partial charge in [-0.2, -0.15) is 16.6 Å². The van der Waals surface area contributed by atoms with Crippen LogP contribution in [-0.4, -0.2) is 9.97 Å². The van der Waals surface area contributed by atoms with Gasteiger partial charge in [-0.1, -0.05) is 24.3 Å². The second kappa shape index (κ2) is 8.38. The summed E-state index contributed by atoms with van der Waals surface area (Å²) in [5.74, 6) is 0.803. The Morgan fingerprint density at radius 2 is 1.69 bits per heavy atom. The summed E-state index contributed by atoms with van der Waals surface area (Å²) in [6.45, 7) is 4.36. The van der Waals surface area contributed by atoms with Gasteiger partial charge in [0.25, 0.3) is 0 Å². The molecule has 29 heavy (non-hydrogen) atoms. The van der Waals surface area contributed by atoms with E-state index in [1.54, 1.807) is 11.3 Å². The van der Waals surface area contributed by atoms with E-state index in [0.29, 0.717) is 12.0 Å². The average molecular weight is 396 g/mol. The largest absolute Gasteiger partial charge is 0.241 e. The van der Waals surface area contributed by atoms with Gasteiger partial charge in [0, 0.05) is 24.7 Å². The summed E-state index contributed by atoms with van der Waals surface area (Å²) in [6.07, 6.45) is 3.30. The van der Waals surface area contributed by atoms with Gasteiger partial charge in [-0.3, -0.25) is 0 Å². The Kier molecular flexibility index (Phi) is 5.50. The lowest BCUT2D eigenvalue weighted by molar-refractivity contribution is 0.912. The molecule has 0 aliphatic heterocycles. The Bertz CT molecular complexity index is 1150. The zero-order chi connectivity index (χ0) is 20.2. The fourth-order valence-corrected chi connectivity index (χ4v) is 4.22. The summed E-state index contributed by atoms with van der Waals surface area (Å²) in [6, 6.07) is 18.4. The second-order valence-electron chi connectivity index (χ2n) is 7.23. The minimum Gasteiger partial charge on any atom is -0.241 e. The maximum absolute atomic E-state index is 8.94. The quantitative estimate of drug-likeness (QED) is 0.424. The van der Waals surface area contributed by atoms with Gasteiger partial charge in [0.1, 0.15) is 5.82 Å². The molecule has 142 valence electrons. The van der Waals surface area contributed by atoms with E-state index in [-0.39, 0.29) is 0 Å². The summed E-state index contributed by atoms with van der Waals surface area (Å²) in [5, 5.41) is 13.2. The van der Waals surface area contributed by atoms with Crippen LogP contribution in [0.5, 0.6) is 0 Å². The van der Waals surface area contributed by atoms with Gasteiger partial charge in [0.2, 0.25) is 0 Å².